The van der Waals surface area contributed by atoms with Gasteiger partial charge in [-0.05, 0) is 23.8 Å². The average Bonchev–Trinajstić information content (AvgIpc) is 2.58. The van der Waals surface area contributed by atoms with Gasteiger partial charge in [0.25, 0.3) is 0 Å². The van der Waals surface area contributed by atoms with Crippen molar-refractivity contribution in [1.29, 1.82) is 0 Å². The molecule has 16 heavy (non-hydrogen) atoms. The van der Waals surface area contributed by atoms with E-state index in [9.17, 15) is 9.59 Å². The highest BCUT2D eigenvalue weighted by atomic mass is 35.5. The molecule has 1 aromatic carbocycles. The Morgan fingerprint density at radius 1 is 1.56 bits per heavy atom. The Bertz CT molecular complexity index is 497. The van der Waals surface area contributed by atoms with Crippen LogP contribution in [0.3, 0.4) is 0 Å². The summed E-state index contributed by atoms with van der Waals surface area (Å²) < 4.78 is 0. The van der Waals surface area contributed by atoms with Gasteiger partial charge in [0, 0.05) is 5.69 Å². The predicted octanol–water partition coefficient (Wildman–Crippen LogP) is 1.96. The minimum Gasteiger partial charge on any atom is -0.325 e. The highest BCUT2D eigenvalue weighted by molar-refractivity contribution is 6.34. The maximum Gasteiger partial charge on any atom is 0.247 e. The maximum absolute atomic E-state index is 11.1. The summed E-state index contributed by atoms with van der Waals surface area (Å²) >= 11 is 5.96. The summed E-state index contributed by atoms with van der Waals surface area (Å²) in [5, 5.41) is 5.64. The summed E-state index contributed by atoms with van der Waals surface area (Å²) in [6.45, 7) is 3.35. The number of rotatable bonds is 2. The Morgan fingerprint density at radius 3 is 3.00 bits per heavy atom. The molecule has 0 saturated carbocycles. The molecule has 0 unspecified atom stereocenters. The van der Waals surface area contributed by atoms with E-state index in [0.717, 1.165) is 11.6 Å². The van der Waals surface area contributed by atoms with Crippen LogP contribution in [-0.4, -0.2) is 11.8 Å². The van der Waals surface area contributed by atoms with Crippen LogP contribution < -0.4 is 10.6 Å². The number of hydrogen-bond acceptors (Lipinski definition) is 2. The van der Waals surface area contributed by atoms with Gasteiger partial charge in [-0.15, -0.1) is 0 Å². The van der Waals surface area contributed by atoms with Crippen molar-refractivity contribution in [3.8, 4) is 0 Å². The summed E-state index contributed by atoms with van der Waals surface area (Å²) in [6.07, 6.45) is 1.47. The molecule has 0 radical (unpaired) electrons. The fourth-order valence-corrected chi connectivity index (χ4v) is 1.74. The van der Waals surface area contributed by atoms with Crippen LogP contribution in [0.1, 0.15) is 5.56 Å². The number of anilines is 2. The normalized spacial score (nSPS) is 12.9. The van der Waals surface area contributed by atoms with Crippen LogP contribution in [0.15, 0.2) is 24.8 Å². The van der Waals surface area contributed by atoms with Crippen LogP contribution in [0.5, 0.6) is 0 Å². The Morgan fingerprint density at radius 2 is 2.31 bits per heavy atom. The molecule has 0 fully saturated rings. The quantitative estimate of drug-likeness (QED) is 0.772. The first-order valence-corrected chi connectivity index (χ1v) is 5.03. The zero-order chi connectivity index (χ0) is 11.7. The van der Waals surface area contributed by atoms with E-state index in [1.54, 1.807) is 12.1 Å². The van der Waals surface area contributed by atoms with Crippen molar-refractivity contribution in [2.24, 2.45) is 0 Å². The molecule has 1 aliphatic rings. The minimum atomic E-state index is -0.334. The summed E-state index contributed by atoms with van der Waals surface area (Å²) in [5.74, 6) is -0.405. The molecule has 1 aromatic rings. The van der Waals surface area contributed by atoms with E-state index in [2.05, 4.69) is 17.2 Å². The molecule has 0 aliphatic carbocycles. The molecule has 5 heteroatoms. The van der Waals surface area contributed by atoms with Crippen molar-refractivity contribution in [2.45, 2.75) is 6.42 Å². The Labute approximate surface area is 97.3 Å². The molecule has 1 heterocycles. The van der Waals surface area contributed by atoms with E-state index >= 15 is 0 Å². The number of amides is 2. The first kappa shape index (κ1) is 10.7. The van der Waals surface area contributed by atoms with Crippen molar-refractivity contribution < 1.29 is 9.59 Å². The van der Waals surface area contributed by atoms with E-state index in [4.69, 9.17) is 11.6 Å². The molecule has 2 rings (SSSR count). The van der Waals surface area contributed by atoms with Gasteiger partial charge in [-0.25, -0.2) is 0 Å². The van der Waals surface area contributed by atoms with Gasteiger partial charge >= 0.3 is 0 Å². The molecule has 2 amide bonds. The van der Waals surface area contributed by atoms with Gasteiger partial charge in [0.2, 0.25) is 11.8 Å². The molecule has 0 saturated heterocycles. The fourth-order valence-electron chi connectivity index (χ4n) is 1.53. The van der Waals surface area contributed by atoms with Crippen molar-refractivity contribution >= 4 is 34.8 Å². The third-order valence-corrected chi connectivity index (χ3v) is 2.57. The minimum absolute atomic E-state index is 0.0711. The summed E-state index contributed by atoms with van der Waals surface area (Å²) in [5.41, 5.74) is 2.02. The lowest BCUT2D eigenvalue weighted by Crippen LogP contribution is -2.07. The number of carbonyl (C=O) groups excluding carboxylic acids is 2. The van der Waals surface area contributed by atoms with E-state index in [1.807, 2.05) is 0 Å². The summed E-state index contributed by atoms with van der Waals surface area (Å²) in [7, 11) is 0. The predicted molar refractivity (Wildman–Crippen MR) is 62.6 cm³/mol. The molecule has 0 bridgehead atoms. The number of benzene rings is 1. The number of nitrogens with one attached hydrogen (secondary N) is 2. The third kappa shape index (κ3) is 1.92. The van der Waals surface area contributed by atoms with E-state index in [0.29, 0.717) is 22.8 Å². The first-order chi connectivity index (χ1) is 7.60. The topological polar surface area (TPSA) is 58.2 Å². The third-order valence-electron chi connectivity index (χ3n) is 2.26. The van der Waals surface area contributed by atoms with Gasteiger partial charge in [-0.1, -0.05) is 18.2 Å². The van der Waals surface area contributed by atoms with E-state index in [1.165, 1.54) is 0 Å². The van der Waals surface area contributed by atoms with E-state index in [-0.39, 0.29) is 11.8 Å². The zero-order valence-electron chi connectivity index (χ0n) is 8.34. The Kier molecular flexibility index (Phi) is 2.66. The standard InChI is InChI=1S/C11H9ClN2O2/c1-2-10(15)14-9-3-6-4-11(16)13-8(6)5-7(9)12/h2-3,5H,1,4H2,(H,13,16)(H,14,15). The van der Waals surface area contributed by atoms with E-state index < -0.39 is 0 Å². The Hall–Kier alpha value is -1.81. The largest absolute Gasteiger partial charge is 0.325 e. The molecule has 0 aromatic heterocycles. The molecule has 1 aliphatic heterocycles. The average molecular weight is 237 g/mol. The highest BCUT2D eigenvalue weighted by Gasteiger charge is 2.19. The monoisotopic (exact) mass is 236 g/mol. The Balaban J connectivity index is 2.35. The second-order valence-corrected chi connectivity index (χ2v) is 3.81. The summed E-state index contributed by atoms with van der Waals surface area (Å²) in [4.78, 5) is 22.3. The SMILES string of the molecule is C=CC(=O)Nc1cc2c(cc1Cl)NC(=O)C2. The van der Waals surface area contributed by atoms with Crippen LogP contribution >= 0.6 is 11.6 Å². The second-order valence-electron chi connectivity index (χ2n) is 3.41. The van der Waals surface area contributed by atoms with Crippen LogP contribution in [0.4, 0.5) is 11.4 Å². The van der Waals surface area contributed by atoms with Gasteiger partial charge in [0.15, 0.2) is 0 Å². The second kappa shape index (κ2) is 3.98. The highest BCUT2D eigenvalue weighted by Crippen LogP contribution is 2.32. The van der Waals surface area contributed by atoms with Gasteiger partial charge < -0.3 is 10.6 Å². The van der Waals surface area contributed by atoms with Crippen LogP contribution in [-0.2, 0) is 16.0 Å². The zero-order valence-corrected chi connectivity index (χ0v) is 9.10. The fraction of sp³-hybridized carbons (Fsp3) is 0.0909. The van der Waals surface area contributed by atoms with Gasteiger partial charge in [0.1, 0.15) is 0 Å². The van der Waals surface area contributed by atoms with Crippen LogP contribution in [0.2, 0.25) is 5.02 Å². The lowest BCUT2D eigenvalue weighted by atomic mass is 10.1. The lowest BCUT2D eigenvalue weighted by Gasteiger charge is -2.07. The van der Waals surface area contributed by atoms with Crippen molar-refractivity contribution in [3.05, 3.63) is 35.4 Å². The first-order valence-electron chi connectivity index (χ1n) is 4.66. The van der Waals surface area contributed by atoms with Crippen molar-refractivity contribution in [3.63, 3.8) is 0 Å². The molecule has 0 atom stereocenters. The van der Waals surface area contributed by atoms with Gasteiger partial charge in [0.05, 0.1) is 17.1 Å². The molecule has 4 nitrogen and oxygen atoms in total. The van der Waals surface area contributed by atoms with Gasteiger partial charge in [-0.2, -0.15) is 0 Å². The number of carbonyl (C=O) groups is 2. The van der Waals surface area contributed by atoms with Crippen LogP contribution in [0, 0.1) is 0 Å². The molecular formula is C11H9ClN2O2. The molecule has 0 spiro atoms. The van der Waals surface area contributed by atoms with Crippen molar-refractivity contribution in [2.75, 3.05) is 10.6 Å². The number of hydrogen-bond donors (Lipinski definition) is 2. The molecule has 2 N–H and O–H groups in total. The smallest absolute Gasteiger partial charge is 0.247 e. The molecular weight excluding hydrogens is 228 g/mol. The lowest BCUT2D eigenvalue weighted by molar-refractivity contribution is -0.115. The van der Waals surface area contributed by atoms with Gasteiger partial charge in [-0.3, -0.25) is 9.59 Å². The number of halogens is 1. The number of fused-ring (bicyclic) bond motifs is 1. The van der Waals surface area contributed by atoms with Crippen molar-refractivity contribution in [1.82, 2.24) is 0 Å². The summed E-state index contributed by atoms with van der Waals surface area (Å²) in [6, 6.07) is 3.32. The molecule has 82 valence electrons. The van der Waals surface area contributed by atoms with Crippen LogP contribution in [0.25, 0.3) is 0 Å². The maximum atomic E-state index is 11.1.